The van der Waals surface area contributed by atoms with E-state index in [0.717, 1.165) is 38.8 Å². The predicted octanol–water partition coefficient (Wildman–Crippen LogP) is 1.60. The van der Waals surface area contributed by atoms with E-state index in [1.165, 1.54) is 12.8 Å². The van der Waals surface area contributed by atoms with E-state index < -0.39 is 0 Å². The second-order valence-corrected chi connectivity index (χ2v) is 4.77. The van der Waals surface area contributed by atoms with E-state index in [2.05, 4.69) is 10.6 Å². The number of amides is 2. The van der Waals surface area contributed by atoms with Crippen LogP contribution in [0.15, 0.2) is 0 Å². The van der Waals surface area contributed by atoms with Crippen LogP contribution in [0, 0.1) is 5.92 Å². The number of nitrogens with one attached hydrogen (secondary N) is 2. The monoisotopic (exact) mass is 227 g/mol. The lowest BCUT2D eigenvalue weighted by Crippen LogP contribution is -2.38. The van der Waals surface area contributed by atoms with Crippen molar-refractivity contribution in [3.63, 3.8) is 0 Å². The van der Waals surface area contributed by atoms with Crippen LogP contribution in [0.2, 0.25) is 0 Å². The zero-order valence-electron chi connectivity index (χ0n) is 10.3. The highest BCUT2D eigenvalue weighted by atomic mass is 16.2. The Morgan fingerprint density at radius 3 is 2.81 bits per heavy atom. The highest BCUT2D eigenvalue weighted by Gasteiger charge is 2.16. The Bertz CT molecular complexity index is 208. The van der Waals surface area contributed by atoms with Crippen LogP contribution in [-0.2, 0) is 0 Å². The number of rotatable bonds is 4. The quantitative estimate of drug-likeness (QED) is 0.639. The van der Waals surface area contributed by atoms with Gasteiger partial charge in [0.1, 0.15) is 0 Å². The van der Waals surface area contributed by atoms with E-state index >= 15 is 0 Å². The van der Waals surface area contributed by atoms with Crippen LogP contribution < -0.4 is 16.4 Å². The molecule has 1 fully saturated rings. The molecule has 0 aromatic rings. The van der Waals surface area contributed by atoms with Crippen molar-refractivity contribution in [1.29, 1.82) is 0 Å². The van der Waals surface area contributed by atoms with Gasteiger partial charge in [0.25, 0.3) is 0 Å². The van der Waals surface area contributed by atoms with Gasteiger partial charge in [-0.15, -0.1) is 0 Å². The molecule has 94 valence electrons. The van der Waals surface area contributed by atoms with Crippen molar-refractivity contribution in [3.05, 3.63) is 0 Å². The summed E-state index contributed by atoms with van der Waals surface area (Å²) >= 11 is 0. The van der Waals surface area contributed by atoms with Crippen LogP contribution in [0.5, 0.6) is 0 Å². The summed E-state index contributed by atoms with van der Waals surface area (Å²) in [4.78, 5) is 11.3. The summed E-state index contributed by atoms with van der Waals surface area (Å²) in [5.74, 6) is 0.612. The van der Waals surface area contributed by atoms with Gasteiger partial charge >= 0.3 is 6.03 Å². The SMILES string of the molecule is CCCNC(=O)NCC1CCCC(N)CC1. The van der Waals surface area contributed by atoms with Crippen LogP contribution in [0.3, 0.4) is 0 Å². The van der Waals surface area contributed by atoms with Crippen LogP contribution in [-0.4, -0.2) is 25.2 Å². The van der Waals surface area contributed by atoms with Gasteiger partial charge in [-0.2, -0.15) is 0 Å². The maximum Gasteiger partial charge on any atom is 0.314 e. The predicted molar refractivity (Wildman–Crippen MR) is 66.2 cm³/mol. The lowest BCUT2D eigenvalue weighted by molar-refractivity contribution is 0.238. The van der Waals surface area contributed by atoms with Crippen LogP contribution in [0.1, 0.15) is 45.4 Å². The first-order valence-electron chi connectivity index (χ1n) is 6.49. The Morgan fingerprint density at radius 2 is 2.06 bits per heavy atom. The molecule has 4 N–H and O–H groups in total. The summed E-state index contributed by atoms with van der Waals surface area (Å²) in [6.45, 7) is 3.59. The molecule has 0 spiro atoms. The summed E-state index contributed by atoms with van der Waals surface area (Å²) in [6, 6.07) is 0.342. The molecule has 1 aliphatic carbocycles. The number of carbonyl (C=O) groups excluding carboxylic acids is 1. The molecule has 0 aromatic heterocycles. The van der Waals surface area contributed by atoms with Gasteiger partial charge in [-0.1, -0.05) is 13.3 Å². The maximum absolute atomic E-state index is 11.3. The van der Waals surface area contributed by atoms with Crippen molar-refractivity contribution in [2.75, 3.05) is 13.1 Å². The van der Waals surface area contributed by atoms with E-state index in [-0.39, 0.29) is 6.03 Å². The Labute approximate surface area is 98.3 Å². The third-order valence-electron chi connectivity index (χ3n) is 3.22. The van der Waals surface area contributed by atoms with Gasteiger partial charge in [-0.3, -0.25) is 0 Å². The highest BCUT2D eigenvalue weighted by molar-refractivity contribution is 5.73. The third-order valence-corrected chi connectivity index (χ3v) is 3.22. The van der Waals surface area contributed by atoms with Crippen molar-refractivity contribution in [3.8, 4) is 0 Å². The standard InChI is InChI=1S/C12H25N3O/c1-2-8-14-12(16)15-9-10-4-3-5-11(13)7-6-10/h10-11H,2-9,13H2,1H3,(H2,14,15,16). The summed E-state index contributed by atoms with van der Waals surface area (Å²) in [6.07, 6.45) is 6.76. The van der Waals surface area contributed by atoms with Gasteiger partial charge < -0.3 is 16.4 Å². The van der Waals surface area contributed by atoms with E-state index in [0.29, 0.717) is 12.0 Å². The smallest absolute Gasteiger partial charge is 0.314 e. The zero-order chi connectivity index (χ0) is 11.8. The number of hydrogen-bond donors (Lipinski definition) is 3. The molecule has 0 aliphatic heterocycles. The fourth-order valence-corrected chi connectivity index (χ4v) is 2.15. The van der Waals surface area contributed by atoms with Gasteiger partial charge in [0.2, 0.25) is 0 Å². The molecule has 0 saturated heterocycles. The van der Waals surface area contributed by atoms with E-state index in [9.17, 15) is 4.79 Å². The summed E-state index contributed by atoms with van der Waals surface area (Å²) < 4.78 is 0. The Balaban J connectivity index is 2.14. The van der Waals surface area contributed by atoms with Gasteiger partial charge in [0, 0.05) is 19.1 Å². The average molecular weight is 227 g/mol. The van der Waals surface area contributed by atoms with Crippen molar-refractivity contribution in [2.24, 2.45) is 11.7 Å². The molecule has 4 heteroatoms. The van der Waals surface area contributed by atoms with Gasteiger partial charge in [0.05, 0.1) is 0 Å². The van der Waals surface area contributed by atoms with E-state index in [1.807, 2.05) is 6.92 Å². The minimum atomic E-state index is -0.0320. The Hall–Kier alpha value is -0.770. The largest absolute Gasteiger partial charge is 0.338 e. The fourth-order valence-electron chi connectivity index (χ4n) is 2.15. The molecule has 0 aromatic carbocycles. The van der Waals surface area contributed by atoms with E-state index in [4.69, 9.17) is 5.73 Å². The second-order valence-electron chi connectivity index (χ2n) is 4.77. The number of nitrogens with two attached hydrogens (primary N) is 1. The number of hydrogen-bond acceptors (Lipinski definition) is 2. The van der Waals surface area contributed by atoms with Crippen LogP contribution in [0.4, 0.5) is 4.79 Å². The Morgan fingerprint density at radius 1 is 1.25 bits per heavy atom. The Kier molecular flexibility index (Phi) is 6.23. The number of carbonyl (C=O) groups is 1. The zero-order valence-corrected chi connectivity index (χ0v) is 10.3. The fraction of sp³-hybridized carbons (Fsp3) is 0.917. The lowest BCUT2D eigenvalue weighted by atomic mass is 10.0. The second kappa shape index (κ2) is 7.49. The molecular weight excluding hydrogens is 202 g/mol. The van der Waals surface area contributed by atoms with Crippen molar-refractivity contribution in [2.45, 2.75) is 51.5 Å². The first kappa shape index (κ1) is 13.3. The number of urea groups is 1. The first-order chi connectivity index (χ1) is 7.72. The molecule has 1 rings (SSSR count). The normalized spacial score (nSPS) is 25.9. The molecule has 4 nitrogen and oxygen atoms in total. The molecule has 16 heavy (non-hydrogen) atoms. The summed E-state index contributed by atoms with van der Waals surface area (Å²) in [5, 5.41) is 5.76. The summed E-state index contributed by atoms with van der Waals surface area (Å²) in [7, 11) is 0. The minimum Gasteiger partial charge on any atom is -0.338 e. The van der Waals surface area contributed by atoms with Crippen LogP contribution in [0.25, 0.3) is 0 Å². The minimum absolute atomic E-state index is 0.0320. The molecule has 1 aliphatic rings. The molecule has 0 heterocycles. The highest BCUT2D eigenvalue weighted by Crippen LogP contribution is 2.21. The molecule has 2 unspecified atom stereocenters. The van der Waals surface area contributed by atoms with Gasteiger partial charge in [0.15, 0.2) is 0 Å². The molecule has 1 saturated carbocycles. The topological polar surface area (TPSA) is 67.2 Å². The van der Waals surface area contributed by atoms with Crippen molar-refractivity contribution >= 4 is 6.03 Å². The molecule has 0 bridgehead atoms. The lowest BCUT2D eigenvalue weighted by Gasteiger charge is -2.15. The average Bonchev–Trinajstić information content (AvgIpc) is 2.48. The first-order valence-corrected chi connectivity index (χ1v) is 6.49. The molecular formula is C12H25N3O. The van der Waals surface area contributed by atoms with Crippen molar-refractivity contribution in [1.82, 2.24) is 10.6 Å². The molecule has 0 radical (unpaired) electrons. The third kappa shape index (κ3) is 5.35. The molecule has 2 atom stereocenters. The maximum atomic E-state index is 11.3. The van der Waals surface area contributed by atoms with Crippen molar-refractivity contribution < 1.29 is 4.79 Å². The van der Waals surface area contributed by atoms with Gasteiger partial charge in [-0.25, -0.2) is 4.79 Å². The molecule has 2 amide bonds. The van der Waals surface area contributed by atoms with Gasteiger partial charge in [-0.05, 0) is 38.0 Å². The summed E-state index contributed by atoms with van der Waals surface area (Å²) in [5.41, 5.74) is 5.92. The van der Waals surface area contributed by atoms with Crippen LogP contribution >= 0.6 is 0 Å². The van der Waals surface area contributed by atoms with E-state index in [1.54, 1.807) is 0 Å².